The van der Waals surface area contributed by atoms with Crippen LogP contribution in [0.3, 0.4) is 0 Å². The van der Waals surface area contributed by atoms with Gasteiger partial charge < -0.3 is 9.67 Å². The lowest BCUT2D eigenvalue weighted by molar-refractivity contribution is 0.281. The topological polar surface area (TPSA) is 88.3 Å². The van der Waals surface area contributed by atoms with E-state index in [2.05, 4.69) is 10.2 Å². The SMILES string of the molecule is O=S(=O)(c1ccsc1CO)N1CCn2cnnc2C1. The highest BCUT2D eigenvalue weighted by atomic mass is 32.2. The van der Waals surface area contributed by atoms with Gasteiger partial charge in [0, 0.05) is 18.0 Å². The molecule has 0 radical (unpaired) electrons. The third-order valence-electron chi connectivity index (χ3n) is 3.07. The maximum atomic E-state index is 12.5. The van der Waals surface area contributed by atoms with Gasteiger partial charge in [-0.3, -0.25) is 0 Å². The quantitative estimate of drug-likeness (QED) is 0.864. The summed E-state index contributed by atoms with van der Waals surface area (Å²) in [7, 11) is -3.58. The van der Waals surface area contributed by atoms with Crippen LogP contribution in [0.15, 0.2) is 22.7 Å². The fraction of sp³-hybridized carbons (Fsp3) is 0.400. The second-order valence-corrected chi connectivity index (χ2v) is 7.05. The molecule has 102 valence electrons. The Morgan fingerprint density at radius 1 is 1.42 bits per heavy atom. The molecule has 0 atom stereocenters. The van der Waals surface area contributed by atoms with Crippen LogP contribution in [0.4, 0.5) is 0 Å². The Morgan fingerprint density at radius 3 is 3.05 bits per heavy atom. The summed E-state index contributed by atoms with van der Waals surface area (Å²) < 4.78 is 28.3. The van der Waals surface area contributed by atoms with E-state index in [4.69, 9.17) is 0 Å². The molecule has 9 heteroatoms. The third-order valence-corrected chi connectivity index (χ3v) is 6.03. The molecule has 0 unspecified atom stereocenters. The van der Waals surface area contributed by atoms with Crippen LogP contribution in [0.1, 0.15) is 10.7 Å². The van der Waals surface area contributed by atoms with Gasteiger partial charge in [0.25, 0.3) is 0 Å². The third kappa shape index (κ3) is 2.08. The number of aromatic nitrogens is 3. The Labute approximate surface area is 114 Å². The molecular formula is C10H12N4O3S2. The van der Waals surface area contributed by atoms with E-state index in [1.165, 1.54) is 21.7 Å². The lowest BCUT2D eigenvalue weighted by atomic mass is 10.4. The van der Waals surface area contributed by atoms with E-state index in [1.54, 1.807) is 11.7 Å². The normalized spacial score (nSPS) is 16.5. The minimum atomic E-state index is -3.58. The van der Waals surface area contributed by atoms with Crippen molar-refractivity contribution in [3.63, 3.8) is 0 Å². The number of fused-ring (bicyclic) bond motifs is 1. The number of rotatable bonds is 3. The molecule has 0 fully saturated rings. The molecule has 3 rings (SSSR count). The predicted molar refractivity (Wildman–Crippen MR) is 67.9 cm³/mol. The molecule has 0 spiro atoms. The summed E-state index contributed by atoms with van der Waals surface area (Å²) in [5.41, 5.74) is 0. The van der Waals surface area contributed by atoms with Gasteiger partial charge in [-0.05, 0) is 11.4 Å². The first-order valence-electron chi connectivity index (χ1n) is 5.67. The van der Waals surface area contributed by atoms with Crippen LogP contribution in [0.2, 0.25) is 0 Å². The molecule has 0 bridgehead atoms. The first kappa shape index (κ1) is 12.7. The maximum absolute atomic E-state index is 12.5. The average Bonchev–Trinajstić information content (AvgIpc) is 3.06. The molecule has 2 aromatic rings. The highest BCUT2D eigenvalue weighted by Gasteiger charge is 2.31. The highest BCUT2D eigenvalue weighted by Crippen LogP contribution is 2.27. The fourth-order valence-electron chi connectivity index (χ4n) is 2.06. The van der Waals surface area contributed by atoms with Gasteiger partial charge in [0.2, 0.25) is 10.0 Å². The van der Waals surface area contributed by atoms with Gasteiger partial charge in [-0.1, -0.05) is 0 Å². The summed E-state index contributed by atoms with van der Waals surface area (Å²) in [5, 5.41) is 18.5. The van der Waals surface area contributed by atoms with Crippen LogP contribution in [0.25, 0.3) is 0 Å². The first-order chi connectivity index (χ1) is 9.13. The van der Waals surface area contributed by atoms with Crippen molar-refractivity contribution in [2.45, 2.75) is 24.6 Å². The Hall–Kier alpha value is -1.29. The van der Waals surface area contributed by atoms with E-state index in [-0.39, 0.29) is 18.0 Å². The molecule has 1 N–H and O–H groups in total. The van der Waals surface area contributed by atoms with E-state index in [0.29, 0.717) is 23.8 Å². The van der Waals surface area contributed by atoms with E-state index in [1.807, 2.05) is 4.57 Å². The minimum absolute atomic E-state index is 0.188. The molecule has 0 saturated carbocycles. The molecule has 0 aliphatic carbocycles. The Balaban J connectivity index is 1.94. The van der Waals surface area contributed by atoms with Crippen molar-refractivity contribution in [1.82, 2.24) is 19.1 Å². The van der Waals surface area contributed by atoms with Crippen LogP contribution in [-0.4, -0.2) is 39.1 Å². The lowest BCUT2D eigenvalue weighted by Gasteiger charge is -2.26. The van der Waals surface area contributed by atoms with Gasteiger partial charge in [-0.25, -0.2) is 8.42 Å². The molecule has 0 aromatic carbocycles. The Morgan fingerprint density at radius 2 is 2.26 bits per heavy atom. The second-order valence-electron chi connectivity index (χ2n) is 4.15. The van der Waals surface area contributed by atoms with Crippen molar-refractivity contribution in [2.24, 2.45) is 0 Å². The van der Waals surface area contributed by atoms with Gasteiger partial charge in [0.05, 0.1) is 18.0 Å². The molecule has 19 heavy (non-hydrogen) atoms. The van der Waals surface area contributed by atoms with Crippen molar-refractivity contribution >= 4 is 21.4 Å². The van der Waals surface area contributed by atoms with E-state index < -0.39 is 10.0 Å². The van der Waals surface area contributed by atoms with Gasteiger partial charge in [0.15, 0.2) is 0 Å². The number of nitrogens with zero attached hydrogens (tertiary/aromatic N) is 4. The van der Waals surface area contributed by atoms with Gasteiger partial charge in [-0.15, -0.1) is 21.5 Å². The standard InChI is InChI=1S/C10H12N4O3S2/c15-6-8-9(1-4-18-8)19(16,17)14-3-2-13-7-11-12-10(13)5-14/h1,4,7,15H,2-3,5-6H2. The van der Waals surface area contributed by atoms with Crippen molar-refractivity contribution in [3.8, 4) is 0 Å². The maximum Gasteiger partial charge on any atom is 0.244 e. The highest BCUT2D eigenvalue weighted by molar-refractivity contribution is 7.89. The Kier molecular flexibility index (Phi) is 3.13. The molecule has 1 aliphatic rings. The van der Waals surface area contributed by atoms with Crippen LogP contribution in [0.5, 0.6) is 0 Å². The van der Waals surface area contributed by atoms with E-state index in [0.717, 1.165) is 0 Å². The van der Waals surface area contributed by atoms with Gasteiger partial charge in [-0.2, -0.15) is 4.31 Å². The van der Waals surface area contributed by atoms with Gasteiger partial charge >= 0.3 is 0 Å². The van der Waals surface area contributed by atoms with Crippen molar-refractivity contribution in [3.05, 3.63) is 28.5 Å². The fourth-order valence-corrected chi connectivity index (χ4v) is 4.71. The predicted octanol–water partition coefficient (Wildman–Crippen LogP) is 0.0364. The average molecular weight is 300 g/mol. The summed E-state index contributed by atoms with van der Waals surface area (Å²) >= 11 is 1.24. The molecule has 0 amide bonds. The second kappa shape index (κ2) is 4.67. The van der Waals surface area contributed by atoms with Crippen LogP contribution >= 0.6 is 11.3 Å². The zero-order valence-electron chi connectivity index (χ0n) is 9.93. The smallest absolute Gasteiger partial charge is 0.244 e. The van der Waals surface area contributed by atoms with E-state index >= 15 is 0 Å². The summed E-state index contributed by atoms with van der Waals surface area (Å²) in [6.07, 6.45) is 1.60. The number of aliphatic hydroxyl groups excluding tert-OH is 1. The molecule has 2 aromatic heterocycles. The van der Waals surface area contributed by atoms with Crippen LogP contribution in [0, 0.1) is 0 Å². The van der Waals surface area contributed by atoms with Crippen LogP contribution in [-0.2, 0) is 29.7 Å². The van der Waals surface area contributed by atoms with Crippen molar-refractivity contribution in [2.75, 3.05) is 6.54 Å². The summed E-state index contributed by atoms with van der Waals surface area (Å²) in [5.74, 6) is 0.635. The number of sulfonamides is 1. The largest absolute Gasteiger partial charge is 0.391 e. The zero-order valence-corrected chi connectivity index (χ0v) is 11.6. The number of aliphatic hydroxyl groups is 1. The summed E-state index contributed by atoms with van der Waals surface area (Å²) in [6, 6.07) is 1.53. The monoisotopic (exact) mass is 300 g/mol. The number of thiophene rings is 1. The molecular weight excluding hydrogens is 288 g/mol. The zero-order chi connectivity index (χ0) is 13.5. The summed E-state index contributed by atoms with van der Waals surface area (Å²) in [4.78, 5) is 0.653. The number of hydrogen-bond acceptors (Lipinski definition) is 6. The molecule has 0 saturated heterocycles. The minimum Gasteiger partial charge on any atom is -0.391 e. The molecule has 7 nitrogen and oxygen atoms in total. The molecule has 3 heterocycles. The molecule has 1 aliphatic heterocycles. The summed E-state index contributed by atoms with van der Waals surface area (Å²) in [6.45, 7) is 0.869. The van der Waals surface area contributed by atoms with E-state index in [9.17, 15) is 13.5 Å². The van der Waals surface area contributed by atoms with Gasteiger partial charge in [0.1, 0.15) is 12.2 Å². The lowest BCUT2D eigenvalue weighted by Crippen LogP contribution is -2.38. The van der Waals surface area contributed by atoms with Crippen molar-refractivity contribution in [1.29, 1.82) is 0 Å². The number of hydrogen-bond donors (Lipinski definition) is 1. The first-order valence-corrected chi connectivity index (χ1v) is 7.99. The Bertz CT molecular complexity index is 691. The van der Waals surface area contributed by atoms with Crippen LogP contribution < -0.4 is 0 Å². The van der Waals surface area contributed by atoms with Crippen molar-refractivity contribution < 1.29 is 13.5 Å².